The molecule has 0 aliphatic carbocycles. The topological polar surface area (TPSA) is 125 Å². The van der Waals surface area contributed by atoms with Crippen LogP contribution in [0, 0.1) is 10.4 Å². The minimum atomic E-state index is -1.23. The second-order valence-electron chi connectivity index (χ2n) is 4.14. The number of quaternary nitrogens is 2. The van der Waals surface area contributed by atoms with Gasteiger partial charge in [0.25, 0.3) is 5.91 Å². The Kier molecular flexibility index (Phi) is 2.50. The van der Waals surface area contributed by atoms with Crippen molar-refractivity contribution in [2.24, 2.45) is 0 Å². The highest BCUT2D eigenvalue weighted by atomic mass is 16.8. The Balaban J connectivity index is 2.49. The number of amides is 1. The first-order valence-electron chi connectivity index (χ1n) is 5.38. The third kappa shape index (κ3) is 1.60. The summed E-state index contributed by atoms with van der Waals surface area (Å²) in [6.07, 6.45) is 0. The molecule has 0 aromatic heterocycles. The smallest absolute Gasteiger partial charge is 0.256 e. The van der Waals surface area contributed by atoms with Crippen LogP contribution in [-0.2, 0) is 0 Å². The van der Waals surface area contributed by atoms with Gasteiger partial charge < -0.3 is 15.7 Å². The summed E-state index contributed by atoms with van der Waals surface area (Å²) < 4.78 is 0. The Morgan fingerprint density at radius 2 is 1.53 bits per heavy atom. The lowest BCUT2D eigenvalue weighted by molar-refractivity contribution is -0.994. The van der Waals surface area contributed by atoms with Gasteiger partial charge in [0.1, 0.15) is 5.39 Å². The van der Waals surface area contributed by atoms with E-state index in [1.165, 1.54) is 24.3 Å². The summed E-state index contributed by atoms with van der Waals surface area (Å²) >= 11 is 0. The lowest BCUT2D eigenvalue weighted by Gasteiger charge is -2.18. The van der Waals surface area contributed by atoms with Gasteiger partial charge in [0.05, 0.1) is 11.3 Å². The Hall–Kier alpha value is -2.07. The van der Waals surface area contributed by atoms with Crippen LogP contribution in [-0.4, -0.2) is 16.3 Å². The van der Waals surface area contributed by atoms with Crippen molar-refractivity contribution < 1.29 is 25.7 Å². The van der Waals surface area contributed by atoms with Gasteiger partial charge in [0.15, 0.2) is 11.4 Å². The van der Waals surface area contributed by atoms with E-state index < -0.39 is 10.5 Å². The van der Waals surface area contributed by atoms with Crippen LogP contribution in [0.5, 0.6) is 0 Å². The molecule has 0 saturated heterocycles. The predicted molar refractivity (Wildman–Crippen MR) is 63.5 cm³/mol. The number of benzene rings is 2. The molecule has 2 atom stereocenters. The van der Waals surface area contributed by atoms with E-state index >= 15 is 0 Å². The molecule has 19 heavy (non-hydrogen) atoms. The summed E-state index contributed by atoms with van der Waals surface area (Å²) in [6.45, 7) is 0. The molecule has 5 N–H and O–H groups in total. The summed E-state index contributed by atoms with van der Waals surface area (Å²) in [6, 6.07) is 5.40. The Labute approximate surface area is 106 Å². The number of hydrogen-bond acceptors (Lipinski definition) is 5. The first kappa shape index (κ1) is 12.0. The van der Waals surface area contributed by atoms with E-state index in [9.17, 15) is 15.2 Å². The molecule has 8 heteroatoms. The van der Waals surface area contributed by atoms with Crippen LogP contribution in [0.3, 0.4) is 0 Å². The molecule has 0 radical (unpaired) electrons. The van der Waals surface area contributed by atoms with Gasteiger partial charge in [-0.05, 0) is 12.1 Å². The second-order valence-corrected chi connectivity index (χ2v) is 4.14. The standard InChI is InChI=1S/C11H9N3O5/c15-11-5-1-3-7(13(16)17)10-8(14(18)19)4-2-6(12-11)9(5)10/h1-4,13-14,16,18H,(H,12,15). The molecule has 2 aromatic carbocycles. The maximum absolute atomic E-state index is 11.7. The van der Waals surface area contributed by atoms with Crippen molar-refractivity contribution in [1.82, 2.24) is 0 Å². The SMILES string of the molecule is O=C1Nc2ccc([NH+]([O-])O)c3c([NH+]([O-])O)ccc1c23. The first-order chi connectivity index (χ1) is 9.00. The molecular weight excluding hydrogens is 254 g/mol. The Morgan fingerprint density at radius 3 is 2.11 bits per heavy atom. The maximum atomic E-state index is 11.7. The molecule has 3 rings (SSSR count). The largest absolute Gasteiger partial charge is 0.595 e. The average Bonchev–Trinajstić information content (AvgIpc) is 2.67. The van der Waals surface area contributed by atoms with E-state index in [0.717, 1.165) is 0 Å². The normalized spacial score (nSPS) is 16.5. The number of rotatable bonds is 2. The van der Waals surface area contributed by atoms with Crippen molar-refractivity contribution in [3.8, 4) is 0 Å². The van der Waals surface area contributed by atoms with Crippen LogP contribution < -0.4 is 15.8 Å². The summed E-state index contributed by atoms with van der Waals surface area (Å²) in [5.41, 5.74) is 0.463. The zero-order valence-corrected chi connectivity index (χ0v) is 9.43. The van der Waals surface area contributed by atoms with Crippen LogP contribution in [0.4, 0.5) is 17.1 Å². The molecule has 1 aliphatic rings. The van der Waals surface area contributed by atoms with Crippen molar-refractivity contribution in [2.75, 3.05) is 5.32 Å². The molecule has 1 aliphatic heterocycles. The molecule has 2 unspecified atom stereocenters. The minimum absolute atomic E-state index is 0.0772. The number of carbonyl (C=O) groups excluding carboxylic acids is 1. The van der Waals surface area contributed by atoms with E-state index in [1.807, 2.05) is 0 Å². The van der Waals surface area contributed by atoms with Crippen molar-refractivity contribution in [1.29, 1.82) is 0 Å². The van der Waals surface area contributed by atoms with Crippen molar-refractivity contribution in [3.63, 3.8) is 0 Å². The van der Waals surface area contributed by atoms with Crippen molar-refractivity contribution in [3.05, 3.63) is 40.2 Å². The zero-order chi connectivity index (χ0) is 13.7. The zero-order valence-electron chi connectivity index (χ0n) is 9.43. The molecule has 0 saturated carbocycles. The molecule has 98 valence electrons. The summed E-state index contributed by atoms with van der Waals surface area (Å²) in [5, 5.41) is 41.3. The lowest BCUT2D eigenvalue weighted by atomic mass is 10.0. The first-order valence-corrected chi connectivity index (χ1v) is 5.38. The highest BCUT2D eigenvalue weighted by Gasteiger charge is 2.28. The van der Waals surface area contributed by atoms with Crippen molar-refractivity contribution in [2.45, 2.75) is 0 Å². The van der Waals surface area contributed by atoms with Gasteiger partial charge in [-0.3, -0.25) is 4.79 Å². The molecular formula is C11H9N3O5. The van der Waals surface area contributed by atoms with Crippen molar-refractivity contribution >= 4 is 33.7 Å². The van der Waals surface area contributed by atoms with Crippen LogP contribution in [0.25, 0.3) is 10.8 Å². The molecule has 0 fully saturated rings. The second kappa shape index (κ2) is 3.96. The maximum Gasteiger partial charge on any atom is 0.256 e. The number of hydrogen-bond donors (Lipinski definition) is 5. The summed E-state index contributed by atoms with van der Waals surface area (Å²) in [4.78, 5) is 11.7. The average molecular weight is 263 g/mol. The number of anilines is 1. The van der Waals surface area contributed by atoms with Crippen LogP contribution in [0.15, 0.2) is 24.3 Å². The van der Waals surface area contributed by atoms with E-state index in [1.54, 1.807) is 0 Å². The highest BCUT2D eigenvalue weighted by molar-refractivity contribution is 6.26. The molecule has 8 nitrogen and oxygen atoms in total. The Morgan fingerprint density at radius 1 is 0.947 bits per heavy atom. The fourth-order valence-corrected chi connectivity index (χ4v) is 2.33. The van der Waals surface area contributed by atoms with Gasteiger partial charge in [0, 0.05) is 17.5 Å². The highest BCUT2D eigenvalue weighted by Crippen LogP contribution is 2.38. The lowest BCUT2D eigenvalue weighted by Crippen LogP contribution is -3.00. The minimum Gasteiger partial charge on any atom is -0.595 e. The third-order valence-electron chi connectivity index (χ3n) is 3.11. The molecule has 1 amide bonds. The fraction of sp³-hybridized carbons (Fsp3) is 0. The van der Waals surface area contributed by atoms with Gasteiger partial charge in [-0.2, -0.15) is 10.5 Å². The summed E-state index contributed by atoms with van der Waals surface area (Å²) in [7, 11) is 0. The van der Waals surface area contributed by atoms with E-state index in [-0.39, 0.29) is 28.2 Å². The van der Waals surface area contributed by atoms with E-state index in [0.29, 0.717) is 11.1 Å². The molecule has 0 bridgehead atoms. The van der Waals surface area contributed by atoms with Gasteiger partial charge in [0.2, 0.25) is 0 Å². The molecule has 1 heterocycles. The number of carbonyl (C=O) groups is 1. The van der Waals surface area contributed by atoms with E-state index in [2.05, 4.69) is 5.32 Å². The predicted octanol–water partition coefficient (Wildman–Crippen LogP) is -0.788. The van der Waals surface area contributed by atoms with Crippen LogP contribution in [0.2, 0.25) is 0 Å². The van der Waals surface area contributed by atoms with Gasteiger partial charge in [-0.15, -0.1) is 0 Å². The van der Waals surface area contributed by atoms with E-state index in [4.69, 9.17) is 10.4 Å². The molecule has 0 spiro atoms. The summed E-state index contributed by atoms with van der Waals surface area (Å²) in [5.74, 6) is -0.362. The third-order valence-corrected chi connectivity index (χ3v) is 3.11. The van der Waals surface area contributed by atoms with Gasteiger partial charge in [-0.1, -0.05) is 0 Å². The number of nitrogens with one attached hydrogen (secondary N) is 3. The van der Waals surface area contributed by atoms with Crippen LogP contribution in [0.1, 0.15) is 10.4 Å². The quantitative estimate of drug-likeness (QED) is 0.454. The Bertz CT molecular complexity index is 684. The molecule has 2 aromatic rings. The van der Waals surface area contributed by atoms with Crippen LogP contribution >= 0.6 is 0 Å². The van der Waals surface area contributed by atoms with Gasteiger partial charge in [-0.25, -0.2) is 10.4 Å². The monoisotopic (exact) mass is 263 g/mol. The fourth-order valence-electron chi connectivity index (χ4n) is 2.33. The van der Waals surface area contributed by atoms with Gasteiger partial charge >= 0.3 is 0 Å².